The third-order valence-corrected chi connectivity index (χ3v) is 15.2. The lowest BCUT2D eigenvalue weighted by Crippen LogP contribution is -2.53. The molecule has 2 fully saturated rings. The van der Waals surface area contributed by atoms with E-state index < -0.39 is 50.3 Å². The Kier molecular flexibility index (Phi) is 9.54. The van der Waals surface area contributed by atoms with Crippen molar-refractivity contribution in [1.82, 2.24) is 9.21 Å². The molecule has 0 bridgehead atoms. The van der Waals surface area contributed by atoms with Crippen molar-refractivity contribution in [2.75, 3.05) is 27.2 Å². The zero-order valence-electron chi connectivity index (χ0n) is 20.1. The monoisotopic (exact) mass is 553 g/mol. The third-order valence-electron chi connectivity index (χ3n) is 6.90. The fourth-order valence-electron chi connectivity index (χ4n) is 5.55. The first-order valence-corrected chi connectivity index (χ1v) is 16.1. The predicted octanol–water partition coefficient (Wildman–Crippen LogP) is 3.13. The van der Waals surface area contributed by atoms with Gasteiger partial charge in [-0.2, -0.15) is 13.2 Å². The molecule has 2 aliphatic carbocycles. The van der Waals surface area contributed by atoms with Gasteiger partial charge < -0.3 is 4.90 Å². The first-order chi connectivity index (χ1) is 15.5. The first kappa shape index (κ1) is 29.8. The van der Waals surface area contributed by atoms with Gasteiger partial charge in [-0.3, -0.25) is 16.8 Å². The van der Waals surface area contributed by atoms with Gasteiger partial charge in [0.1, 0.15) is 10.0 Å². The number of rotatable bonds is 10. The number of sulfone groups is 2. The number of hydrogen-bond acceptors (Lipinski definition) is 7. The van der Waals surface area contributed by atoms with E-state index in [4.69, 9.17) is 0 Å². The van der Waals surface area contributed by atoms with Crippen molar-refractivity contribution < 1.29 is 38.4 Å². The van der Waals surface area contributed by atoms with Crippen LogP contribution in [0.4, 0.5) is 13.2 Å². The molecule has 0 heterocycles. The van der Waals surface area contributed by atoms with Crippen LogP contribution >= 0.6 is 0 Å². The van der Waals surface area contributed by atoms with Crippen molar-refractivity contribution in [2.24, 2.45) is 11.8 Å². The van der Waals surface area contributed by atoms with Crippen molar-refractivity contribution in [1.29, 1.82) is 0 Å². The maximum absolute atomic E-state index is 13.7. The van der Waals surface area contributed by atoms with E-state index in [1.807, 2.05) is 19.0 Å². The molecule has 4 unspecified atom stereocenters. The molecule has 8 nitrogen and oxygen atoms in total. The van der Waals surface area contributed by atoms with Gasteiger partial charge in [-0.25, -0.2) is 12.7 Å². The molecule has 0 aliphatic heterocycles. The molecule has 0 amide bonds. The molecule has 0 aromatic rings. The molecule has 0 N–H and O–H groups in total. The summed E-state index contributed by atoms with van der Waals surface area (Å²) in [6.45, 7) is 2.56. The van der Waals surface area contributed by atoms with Crippen molar-refractivity contribution in [3.8, 4) is 0 Å². The molecule has 0 aromatic carbocycles. The fourth-order valence-corrected chi connectivity index (χ4v) is 13.8. The highest BCUT2D eigenvalue weighted by molar-refractivity contribution is 8.28. The number of alkyl halides is 3. The van der Waals surface area contributed by atoms with Gasteiger partial charge in [0.2, 0.25) is 0 Å². The Balaban J connectivity index is 2.68. The van der Waals surface area contributed by atoms with Crippen LogP contribution in [-0.2, 0) is 29.7 Å². The maximum atomic E-state index is 13.7. The molecule has 0 radical (unpaired) electrons. The van der Waals surface area contributed by atoms with E-state index in [1.54, 1.807) is 13.8 Å². The quantitative estimate of drug-likeness (QED) is 0.383. The highest BCUT2D eigenvalue weighted by atomic mass is 32.3. The SMILES string of the molecule is CCCN(CCC)S(=O)(=O)[C-](S(=O)(=O)C1CCCC2C1CCCC2N(C)C)S(=O)(=O)C(F)(F)F. The molecule has 2 aliphatic rings. The van der Waals surface area contributed by atoms with Crippen LogP contribution in [0.3, 0.4) is 0 Å². The average Bonchev–Trinajstić information content (AvgIpc) is 2.71. The summed E-state index contributed by atoms with van der Waals surface area (Å²) in [4.78, 5) is 1.95. The molecule has 4 atom stereocenters. The minimum Gasteiger partial charge on any atom is -0.306 e. The van der Waals surface area contributed by atoms with Crippen LogP contribution in [-0.4, -0.2) is 78.4 Å². The molecule has 202 valence electrons. The van der Waals surface area contributed by atoms with E-state index in [0.717, 1.165) is 6.42 Å². The fraction of sp³-hybridized carbons (Fsp3) is 0.950. The molecule has 0 aromatic heterocycles. The Hall–Kier alpha value is -0.440. The topological polar surface area (TPSA) is 109 Å². The Morgan fingerprint density at radius 2 is 1.32 bits per heavy atom. The van der Waals surface area contributed by atoms with E-state index in [0.29, 0.717) is 30.0 Å². The Morgan fingerprint density at radius 3 is 1.79 bits per heavy atom. The van der Waals surface area contributed by atoms with Crippen molar-refractivity contribution in [3.05, 3.63) is 3.91 Å². The number of nitrogens with zero attached hydrogens (tertiary/aromatic N) is 2. The molecule has 14 heteroatoms. The van der Waals surface area contributed by atoms with Crippen LogP contribution in [0, 0.1) is 15.7 Å². The molecule has 34 heavy (non-hydrogen) atoms. The summed E-state index contributed by atoms with van der Waals surface area (Å²) in [5, 5.41) is -1.50. The smallest absolute Gasteiger partial charge is 0.306 e. The van der Waals surface area contributed by atoms with Gasteiger partial charge in [-0.05, 0) is 64.5 Å². The number of sulfonamides is 1. The van der Waals surface area contributed by atoms with E-state index in [-0.39, 0.29) is 44.3 Å². The minimum atomic E-state index is -6.66. The van der Waals surface area contributed by atoms with Crippen LogP contribution < -0.4 is 0 Å². The lowest BCUT2D eigenvalue weighted by Gasteiger charge is -2.49. The van der Waals surface area contributed by atoms with Crippen LogP contribution in [0.1, 0.15) is 65.2 Å². The normalized spacial score (nSPS) is 27.4. The number of fused-ring (bicyclic) bond motifs is 1. The summed E-state index contributed by atoms with van der Waals surface area (Å²) in [5.41, 5.74) is -6.07. The standard InChI is InChI=1S/C20H36F3N2O6S3/c1-5-13-25(14-6-2)34(30,31)19(33(28,29)20(21,22)23)32(26,27)18-12-8-9-15-16(18)10-7-11-17(15)24(3)4/h15-18H,5-14H2,1-4H3/q-1. The summed E-state index contributed by atoms with van der Waals surface area (Å²) in [6.07, 6.45) is 3.12. The highest BCUT2D eigenvalue weighted by Gasteiger charge is 2.55. The van der Waals surface area contributed by atoms with Gasteiger partial charge >= 0.3 is 5.51 Å². The molecule has 2 saturated carbocycles. The van der Waals surface area contributed by atoms with E-state index in [1.165, 1.54) is 0 Å². The second kappa shape index (κ2) is 10.9. The zero-order chi connectivity index (χ0) is 26.1. The molecular formula is C20H36F3N2O6S3-. The lowest BCUT2D eigenvalue weighted by molar-refractivity contribution is -0.0428. The average molecular weight is 554 g/mol. The summed E-state index contributed by atoms with van der Waals surface area (Å²) < 4.78 is 119. The van der Waals surface area contributed by atoms with Gasteiger partial charge in [0.25, 0.3) is 0 Å². The molecule has 0 spiro atoms. The second-order valence-corrected chi connectivity index (χ2v) is 16.0. The third kappa shape index (κ3) is 5.60. The first-order valence-electron chi connectivity index (χ1n) is 11.6. The van der Waals surface area contributed by atoms with Crippen LogP contribution in [0.2, 0.25) is 0 Å². The lowest BCUT2D eigenvalue weighted by atomic mass is 9.68. The highest BCUT2D eigenvalue weighted by Crippen LogP contribution is 2.49. The van der Waals surface area contributed by atoms with Crippen molar-refractivity contribution in [2.45, 2.75) is 82.0 Å². The summed E-state index contributed by atoms with van der Waals surface area (Å²) >= 11 is 0. The van der Waals surface area contributed by atoms with Gasteiger partial charge in [-0.1, -0.05) is 26.7 Å². The van der Waals surface area contributed by atoms with E-state index >= 15 is 0 Å². The van der Waals surface area contributed by atoms with Gasteiger partial charge in [0, 0.05) is 24.4 Å². The minimum absolute atomic E-state index is 0.00675. The van der Waals surface area contributed by atoms with Crippen molar-refractivity contribution in [3.63, 3.8) is 0 Å². The van der Waals surface area contributed by atoms with E-state index in [9.17, 15) is 38.4 Å². The second-order valence-electron chi connectivity index (χ2n) is 9.41. The maximum Gasteiger partial charge on any atom is 0.470 e. The van der Waals surface area contributed by atoms with E-state index in [2.05, 4.69) is 0 Å². The molecular weight excluding hydrogens is 517 g/mol. The van der Waals surface area contributed by atoms with Crippen LogP contribution in [0.25, 0.3) is 0 Å². The Morgan fingerprint density at radius 1 is 0.824 bits per heavy atom. The zero-order valence-corrected chi connectivity index (χ0v) is 22.5. The molecule has 0 saturated heterocycles. The van der Waals surface area contributed by atoms with Crippen molar-refractivity contribution >= 4 is 29.7 Å². The molecule has 2 rings (SSSR count). The largest absolute Gasteiger partial charge is 0.470 e. The van der Waals surface area contributed by atoms with Gasteiger partial charge in [0.05, 0.1) is 13.8 Å². The Labute approximate surface area is 202 Å². The summed E-state index contributed by atoms with van der Waals surface area (Å²) in [7, 11) is -13.8. The number of halogens is 3. The summed E-state index contributed by atoms with van der Waals surface area (Å²) in [6, 6.07) is -0.00675. The predicted molar refractivity (Wildman–Crippen MR) is 124 cm³/mol. The van der Waals surface area contributed by atoms with Gasteiger partial charge in [-0.15, -0.1) is 0 Å². The summed E-state index contributed by atoms with van der Waals surface area (Å²) in [5.74, 6) is -0.781. The number of hydrogen-bond donors (Lipinski definition) is 0. The van der Waals surface area contributed by atoms with Crippen LogP contribution in [0.5, 0.6) is 0 Å². The van der Waals surface area contributed by atoms with Crippen LogP contribution in [0.15, 0.2) is 0 Å². The van der Waals surface area contributed by atoms with Gasteiger partial charge in [0.15, 0.2) is 9.84 Å². The Bertz CT molecular complexity index is 1010.